The van der Waals surface area contributed by atoms with Gasteiger partial charge < -0.3 is 0 Å². The Hall–Kier alpha value is -1.85. The Morgan fingerprint density at radius 2 is 1.70 bits per heavy atom. The lowest BCUT2D eigenvalue weighted by molar-refractivity contribution is 0.478. The van der Waals surface area contributed by atoms with Crippen LogP contribution >= 0.6 is 0 Å². The molecule has 2 nitrogen and oxygen atoms in total. The maximum Gasteiger partial charge on any atom is 0.164 e. The van der Waals surface area contributed by atoms with Crippen molar-refractivity contribution < 1.29 is 13.2 Å². The molecule has 0 aromatic heterocycles. The summed E-state index contributed by atoms with van der Waals surface area (Å²) in [5.74, 6) is 3.08. The zero-order valence-electron chi connectivity index (χ0n) is 11.2. The van der Waals surface area contributed by atoms with Gasteiger partial charge in [-0.25, -0.2) is 18.6 Å². The standard InChI is InChI=1S/C15H15F3N2/c1-8-5-10(7-11(16)6-8)15(20-19)12-4-3-9(2)13(17)14(12)18/h3-7,15,20H,19H2,1-2H3. The average Bonchev–Trinajstić information content (AvgIpc) is 2.38. The Kier molecular flexibility index (Phi) is 4.11. The number of hydrazine groups is 1. The predicted molar refractivity (Wildman–Crippen MR) is 71.4 cm³/mol. The van der Waals surface area contributed by atoms with E-state index in [2.05, 4.69) is 5.43 Å². The lowest BCUT2D eigenvalue weighted by Crippen LogP contribution is -2.30. The zero-order chi connectivity index (χ0) is 14.9. The van der Waals surface area contributed by atoms with Gasteiger partial charge in [-0.1, -0.05) is 18.2 Å². The topological polar surface area (TPSA) is 38.0 Å². The van der Waals surface area contributed by atoms with Gasteiger partial charge in [0.05, 0.1) is 6.04 Å². The molecule has 0 saturated heterocycles. The molecule has 1 atom stereocenters. The van der Waals surface area contributed by atoms with Gasteiger partial charge in [0.2, 0.25) is 0 Å². The van der Waals surface area contributed by atoms with E-state index in [9.17, 15) is 13.2 Å². The highest BCUT2D eigenvalue weighted by Crippen LogP contribution is 2.27. The Bertz CT molecular complexity index is 621. The van der Waals surface area contributed by atoms with Crippen LogP contribution in [-0.2, 0) is 0 Å². The number of halogens is 3. The van der Waals surface area contributed by atoms with Crippen LogP contribution < -0.4 is 11.3 Å². The molecule has 2 aromatic rings. The first-order valence-electron chi connectivity index (χ1n) is 6.11. The van der Waals surface area contributed by atoms with Gasteiger partial charge in [0.15, 0.2) is 11.6 Å². The quantitative estimate of drug-likeness (QED) is 0.669. The van der Waals surface area contributed by atoms with E-state index in [1.807, 2.05) is 0 Å². The van der Waals surface area contributed by atoms with Gasteiger partial charge in [-0.05, 0) is 42.7 Å². The van der Waals surface area contributed by atoms with E-state index < -0.39 is 23.5 Å². The largest absolute Gasteiger partial charge is 0.271 e. The molecule has 0 bridgehead atoms. The zero-order valence-corrected chi connectivity index (χ0v) is 11.2. The number of nitrogens with two attached hydrogens (primary N) is 1. The van der Waals surface area contributed by atoms with Gasteiger partial charge in [-0.2, -0.15) is 0 Å². The Morgan fingerprint density at radius 3 is 2.30 bits per heavy atom. The molecule has 0 saturated carbocycles. The van der Waals surface area contributed by atoms with E-state index in [-0.39, 0.29) is 11.1 Å². The average molecular weight is 280 g/mol. The molecule has 0 aliphatic rings. The van der Waals surface area contributed by atoms with Crippen LogP contribution in [0.15, 0.2) is 30.3 Å². The molecule has 2 rings (SSSR count). The first-order valence-corrected chi connectivity index (χ1v) is 6.11. The molecule has 0 spiro atoms. The molecule has 0 aliphatic carbocycles. The second kappa shape index (κ2) is 5.64. The number of hydrogen-bond acceptors (Lipinski definition) is 2. The van der Waals surface area contributed by atoms with Crippen LogP contribution in [0.25, 0.3) is 0 Å². The summed E-state index contributed by atoms with van der Waals surface area (Å²) in [6.07, 6.45) is 0. The minimum Gasteiger partial charge on any atom is -0.271 e. The van der Waals surface area contributed by atoms with Crippen molar-refractivity contribution in [1.82, 2.24) is 5.43 Å². The third kappa shape index (κ3) is 2.69. The van der Waals surface area contributed by atoms with Crippen molar-refractivity contribution in [2.75, 3.05) is 0 Å². The van der Waals surface area contributed by atoms with E-state index in [1.54, 1.807) is 13.0 Å². The van der Waals surface area contributed by atoms with E-state index in [0.717, 1.165) is 0 Å². The molecule has 0 fully saturated rings. The molecular weight excluding hydrogens is 265 g/mol. The van der Waals surface area contributed by atoms with Crippen LogP contribution in [0.3, 0.4) is 0 Å². The van der Waals surface area contributed by atoms with Crippen molar-refractivity contribution in [3.63, 3.8) is 0 Å². The van der Waals surface area contributed by atoms with E-state index >= 15 is 0 Å². The fourth-order valence-corrected chi connectivity index (χ4v) is 2.18. The van der Waals surface area contributed by atoms with Gasteiger partial charge in [0.1, 0.15) is 5.82 Å². The molecular formula is C15H15F3N2. The van der Waals surface area contributed by atoms with Crippen LogP contribution in [0.2, 0.25) is 0 Å². The monoisotopic (exact) mass is 280 g/mol. The van der Waals surface area contributed by atoms with Gasteiger partial charge >= 0.3 is 0 Å². The molecule has 0 amide bonds. The molecule has 0 heterocycles. The van der Waals surface area contributed by atoms with E-state index in [1.165, 1.54) is 31.2 Å². The normalized spacial score (nSPS) is 12.5. The number of hydrogen-bond donors (Lipinski definition) is 2. The number of nitrogens with one attached hydrogen (secondary N) is 1. The van der Waals surface area contributed by atoms with E-state index in [0.29, 0.717) is 11.1 Å². The van der Waals surface area contributed by atoms with Crippen molar-refractivity contribution in [3.05, 3.63) is 70.0 Å². The van der Waals surface area contributed by atoms with Gasteiger partial charge in [-0.3, -0.25) is 5.84 Å². The molecule has 2 aromatic carbocycles. The van der Waals surface area contributed by atoms with E-state index in [4.69, 9.17) is 5.84 Å². The molecule has 1 unspecified atom stereocenters. The van der Waals surface area contributed by atoms with Crippen LogP contribution in [0.1, 0.15) is 28.3 Å². The number of benzene rings is 2. The summed E-state index contributed by atoms with van der Waals surface area (Å²) in [4.78, 5) is 0. The first-order chi connectivity index (χ1) is 9.43. The maximum atomic E-state index is 14.0. The Balaban J connectivity index is 2.55. The Labute approximate surface area is 115 Å². The molecule has 3 N–H and O–H groups in total. The fourth-order valence-electron chi connectivity index (χ4n) is 2.18. The van der Waals surface area contributed by atoms with Crippen molar-refractivity contribution in [2.24, 2.45) is 5.84 Å². The summed E-state index contributed by atoms with van der Waals surface area (Å²) >= 11 is 0. The summed E-state index contributed by atoms with van der Waals surface area (Å²) in [5, 5.41) is 0. The third-order valence-corrected chi connectivity index (χ3v) is 3.18. The van der Waals surface area contributed by atoms with Gasteiger partial charge in [0, 0.05) is 5.56 Å². The second-order valence-electron chi connectivity index (χ2n) is 4.76. The summed E-state index contributed by atoms with van der Waals surface area (Å²) < 4.78 is 41.1. The highest BCUT2D eigenvalue weighted by Gasteiger charge is 2.21. The summed E-state index contributed by atoms with van der Waals surface area (Å²) in [6, 6.07) is 6.35. The van der Waals surface area contributed by atoms with Crippen LogP contribution in [0.4, 0.5) is 13.2 Å². The Morgan fingerprint density at radius 1 is 1.00 bits per heavy atom. The predicted octanol–water partition coefficient (Wildman–Crippen LogP) is 3.27. The molecule has 0 aliphatic heterocycles. The van der Waals surface area contributed by atoms with Crippen molar-refractivity contribution >= 4 is 0 Å². The van der Waals surface area contributed by atoms with Gasteiger partial charge in [-0.15, -0.1) is 0 Å². The number of rotatable bonds is 3. The molecule has 20 heavy (non-hydrogen) atoms. The summed E-state index contributed by atoms with van der Waals surface area (Å²) in [7, 11) is 0. The summed E-state index contributed by atoms with van der Waals surface area (Å²) in [5.41, 5.74) is 3.76. The highest BCUT2D eigenvalue weighted by molar-refractivity contribution is 5.37. The van der Waals surface area contributed by atoms with Crippen molar-refractivity contribution in [1.29, 1.82) is 0 Å². The fraction of sp³-hybridized carbons (Fsp3) is 0.200. The molecule has 106 valence electrons. The first kappa shape index (κ1) is 14.6. The second-order valence-corrected chi connectivity index (χ2v) is 4.76. The molecule has 5 heteroatoms. The SMILES string of the molecule is Cc1cc(F)cc(C(NN)c2ccc(C)c(F)c2F)c1. The minimum atomic E-state index is -0.977. The molecule has 0 radical (unpaired) electrons. The van der Waals surface area contributed by atoms with Crippen molar-refractivity contribution in [2.45, 2.75) is 19.9 Å². The smallest absolute Gasteiger partial charge is 0.164 e. The van der Waals surface area contributed by atoms with Crippen molar-refractivity contribution in [3.8, 4) is 0 Å². The third-order valence-electron chi connectivity index (χ3n) is 3.18. The van der Waals surface area contributed by atoms with Crippen LogP contribution in [0, 0.1) is 31.3 Å². The highest BCUT2D eigenvalue weighted by atomic mass is 19.2. The summed E-state index contributed by atoms with van der Waals surface area (Å²) in [6.45, 7) is 3.19. The van der Waals surface area contributed by atoms with Gasteiger partial charge in [0.25, 0.3) is 0 Å². The minimum absolute atomic E-state index is 0.0422. The lowest BCUT2D eigenvalue weighted by atomic mass is 9.96. The maximum absolute atomic E-state index is 14.0. The van der Waals surface area contributed by atoms with Crippen LogP contribution in [0.5, 0.6) is 0 Å². The lowest BCUT2D eigenvalue weighted by Gasteiger charge is -2.19. The van der Waals surface area contributed by atoms with Crippen LogP contribution in [-0.4, -0.2) is 0 Å². The number of aryl methyl sites for hydroxylation is 2.